The van der Waals surface area contributed by atoms with E-state index in [1.165, 1.54) is 5.56 Å². The molecule has 0 radical (unpaired) electrons. The molecule has 1 aromatic rings. The van der Waals surface area contributed by atoms with Crippen molar-refractivity contribution in [3.8, 4) is 5.75 Å². The maximum atomic E-state index is 5.83. The van der Waals surface area contributed by atoms with Gasteiger partial charge in [-0.2, -0.15) is 0 Å². The zero-order chi connectivity index (χ0) is 10.1. The molecule has 1 aliphatic heterocycles. The largest absolute Gasteiger partial charge is 0.487 e. The summed E-state index contributed by atoms with van der Waals surface area (Å²) in [5.74, 6) is 0.945. The first kappa shape index (κ1) is 9.84. The molecule has 2 rings (SSSR count). The number of hydrogen-bond acceptors (Lipinski definition) is 2. The molecule has 1 aromatic carbocycles. The molecule has 76 valence electrons. The summed E-state index contributed by atoms with van der Waals surface area (Å²) in [4.78, 5) is 0. The Labute approximate surface area is 92.8 Å². The van der Waals surface area contributed by atoms with Crippen LogP contribution in [0.15, 0.2) is 16.6 Å². The number of benzene rings is 1. The molecule has 3 heteroatoms. The van der Waals surface area contributed by atoms with Crippen LogP contribution in [-0.4, -0.2) is 12.6 Å². The van der Waals surface area contributed by atoms with Gasteiger partial charge in [-0.25, -0.2) is 0 Å². The van der Waals surface area contributed by atoms with E-state index in [9.17, 15) is 0 Å². The van der Waals surface area contributed by atoms with Crippen molar-refractivity contribution in [2.24, 2.45) is 0 Å². The predicted molar refractivity (Wildman–Crippen MR) is 62.1 cm³/mol. The number of rotatable bonds is 0. The number of ether oxygens (including phenoxy) is 1. The van der Waals surface area contributed by atoms with Crippen molar-refractivity contribution in [1.82, 2.24) is 0 Å². The lowest BCUT2D eigenvalue weighted by Gasteiger charge is -2.14. The zero-order valence-electron chi connectivity index (χ0n) is 8.43. The van der Waals surface area contributed by atoms with E-state index in [0.717, 1.165) is 28.9 Å². The first-order chi connectivity index (χ1) is 6.66. The molecule has 1 unspecified atom stereocenters. The van der Waals surface area contributed by atoms with Crippen LogP contribution in [0.25, 0.3) is 0 Å². The van der Waals surface area contributed by atoms with Gasteiger partial charge in [0, 0.05) is 13.0 Å². The first-order valence-corrected chi connectivity index (χ1v) is 5.67. The summed E-state index contributed by atoms with van der Waals surface area (Å²) < 4.78 is 6.87. The van der Waals surface area contributed by atoms with Gasteiger partial charge in [0.15, 0.2) is 5.75 Å². The summed E-state index contributed by atoms with van der Waals surface area (Å²) in [5, 5.41) is 3.38. The third-order valence-corrected chi connectivity index (χ3v) is 2.96. The monoisotopic (exact) mass is 255 g/mol. The molecule has 0 aromatic heterocycles. The van der Waals surface area contributed by atoms with E-state index in [1.807, 2.05) is 0 Å². The van der Waals surface area contributed by atoms with Gasteiger partial charge in [0.05, 0.1) is 16.3 Å². The van der Waals surface area contributed by atoms with Gasteiger partial charge >= 0.3 is 0 Å². The molecular weight excluding hydrogens is 242 g/mol. The SMILES string of the molecule is Cc1cc(Br)c2c(c1)NCCC(C)O2. The number of fused-ring (bicyclic) bond motifs is 1. The Bertz CT molecular complexity index is 351. The Hall–Kier alpha value is -0.700. The molecule has 1 atom stereocenters. The molecule has 14 heavy (non-hydrogen) atoms. The van der Waals surface area contributed by atoms with Crippen LogP contribution in [-0.2, 0) is 0 Å². The molecule has 2 nitrogen and oxygen atoms in total. The van der Waals surface area contributed by atoms with Crippen LogP contribution in [0.1, 0.15) is 18.9 Å². The molecule has 0 aliphatic carbocycles. The highest BCUT2D eigenvalue weighted by molar-refractivity contribution is 9.10. The Balaban J connectivity index is 2.45. The maximum Gasteiger partial charge on any atom is 0.156 e. The van der Waals surface area contributed by atoms with Crippen molar-refractivity contribution in [3.05, 3.63) is 22.2 Å². The van der Waals surface area contributed by atoms with Crippen molar-refractivity contribution in [2.75, 3.05) is 11.9 Å². The van der Waals surface area contributed by atoms with Crippen LogP contribution in [0.2, 0.25) is 0 Å². The van der Waals surface area contributed by atoms with E-state index in [1.54, 1.807) is 0 Å². The topological polar surface area (TPSA) is 21.3 Å². The van der Waals surface area contributed by atoms with Gasteiger partial charge < -0.3 is 10.1 Å². The predicted octanol–water partition coefficient (Wildman–Crippen LogP) is 3.34. The summed E-state index contributed by atoms with van der Waals surface area (Å²) in [6, 6.07) is 4.21. The van der Waals surface area contributed by atoms with Crippen LogP contribution < -0.4 is 10.1 Å². The number of nitrogens with one attached hydrogen (secondary N) is 1. The molecule has 0 saturated heterocycles. The molecule has 0 amide bonds. The van der Waals surface area contributed by atoms with E-state index in [2.05, 4.69) is 47.2 Å². The lowest BCUT2D eigenvalue weighted by atomic mass is 10.2. The number of aryl methyl sites for hydroxylation is 1. The van der Waals surface area contributed by atoms with Crippen LogP contribution in [0.4, 0.5) is 5.69 Å². The number of halogens is 1. The summed E-state index contributed by atoms with van der Waals surface area (Å²) in [5.41, 5.74) is 2.34. The maximum absolute atomic E-state index is 5.83. The Morgan fingerprint density at radius 1 is 1.50 bits per heavy atom. The molecule has 1 aliphatic rings. The Morgan fingerprint density at radius 3 is 3.07 bits per heavy atom. The van der Waals surface area contributed by atoms with Crippen LogP contribution in [0.3, 0.4) is 0 Å². The normalized spacial score (nSPS) is 20.4. The fraction of sp³-hybridized carbons (Fsp3) is 0.455. The highest BCUT2D eigenvalue weighted by atomic mass is 79.9. The lowest BCUT2D eigenvalue weighted by molar-refractivity contribution is 0.220. The van der Waals surface area contributed by atoms with Crippen LogP contribution in [0.5, 0.6) is 5.75 Å². The molecule has 0 saturated carbocycles. The number of hydrogen-bond donors (Lipinski definition) is 1. The van der Waals surface area contributed by atoms with E-state index in [0.29, 0.717) is 0 Å². The van der Waals surface area contributed by atoms with Gasteiger partial charge in [-0.3, -0.25) is 0 Å². The summed E-state index contributed by atoms with van der Waals surface area (Å²) in [6.45, 7) is 5.16. The van der Waals surface area contributed by atoms with Crippen molar-refractivity contribution in [1.29, 1.82) is 0 Å². The van der Waals surface area contributed by atoms with Gasteiger partial charge in [0.25, 0.3) is 0 Å². The van der Waals surface area contributed by atoms with Crippen LogP contribution >= 0.6 is 15.9 Å². The quantitative estimate of drug-likeness (QED) is 0.768. The third kappa shape index (κ3) is 1.87. The van der Waals surface area contributed by atoms with Crippen molar-refractivity contribution in [3.63, 3.8) is 0 Å². The fourth-order valence-electron chi connectivity index (χ4n) is 1.65. The molecule has 0 fully saturated rings. The van der Waals surface area contributed by atoms with E-state index < -0.39 is 0 Å². The average molecular weight is 256 g/mol. The van der Waals surface area contributed by atoms with E-state index >= 15 is 0 Å². The molecule has 0 bridgehead atoms. The van der Waals surface area contributed by atoms with Crippen molar-refractivity contribution >= 4 is 21.6 Å². The Morgan fingerprint density at radius 2 is 2.29 bits per heavy atom. The standard InChI is InChI=1S/C11H14BrNO/c1-7-5-9(12)11-10(6-7)13-4-3-8(2)14-11/h5-6,8,13H,3-4H2,1-2H3. The van der Waals surface area contributed by atoms with Crippen molar-refractivity contribution < 1.29 is 4.74 Å². The lowest BCUT2D eigenvalue weighted by Crippen LogP contribution is -2.12. The summed E-state index contributed by atoms with van der Waals surface area (Å²) in [6.07, 6.45) is 1.32. The van der Waals surface area contributed by atoms with Crippen LogP contribution in [0, 0.1) is 6.92 Å². The smallest absolute Gasteiger partial charge is 0.156 e. The number of anilines is 1. The second kappa shape index (κ2) is 3.81. The molecule has 1 heterocycles. The third-order valence-electron chi connectivity index (χ3n) is 2.37. The van der Waals surface area contributed by atoms with Gasteiger partial charge in [0.1, 0.15) is 0 Å². The minimum Gasteiger partial charge on any atom is -0.487 e. The molecule has 0 spiro atoms. The highest BCUT2D eigenvalue weighted by Gasteiger charge is 2.16. The van der Waals surface area contributed by atoms with Gasteiger partial charge in [-0.05, 0) is 47.5 Å². The summed E-state index contributed by atoms with van der Waals surface area (Å²) >= 11 is 3.53. The van der Waals surface area contributed by atoms with Crippen molar-refractivity contribution in [2.45, 2.75) is 26.4 Å². The van der Waals surface area contributed by atoms with E-state index in [4.69, 9.17) is 4.74 Å². The zero-order valence-corrected chi connectivity index (χ0v) is 10.0. The molecular formula is C11H14BrNO. The summed E-state index contributed by atoms with van der Waals surface area (Å²) in [7, 11) is 0. The van der Waals surface area contributed by atoms with Gasteiger partial charge in [0.2, 0.25) is 0 Å². The van der Waals surface area contributed by atoms with Gasteiger partial charge in [-0.15, -0.1) is 0 Å². The second-order valence-corrected chi connectivity index (χ2v) is 4.62. The highest BCUT2D eigenvalue weighted by Crippen LogP contribution is 2.37. The van der Waals surface area contributed by atoms with Gasteiger partial charge in [-0.1, -0.05) is 0 Å². The van der Waals surface area contributed by atoms with E-state index in [-0.39, 0.29) is 6.10 Å². The fourth-order valence-corrected chi connectivity index (χ4v) is 2.32. The second-order valence-electron chi connectivity index (χ2n) is 3.77. The Kier molecular flexibility index (Phi) is 2.68. The minimum atomic E-state index is 0.280. The average Bonchev–Trinajstić information content (AvgIpc) is 2.27. The minimum absolute atomic E-state index is 0.280. The molecule has 1 N–H and O–H groups in total. The first-order valence-electron chi connectivity index (χ1n) is 4.87.